The first-order valence-corrected chi connectivity index (χ1v) is 31.0. The predicted octanol–water partition coefficient (Wildman–Crippen LogP) is 15.3. The summed E-state index contributed by atoms with van der Waals surface area (Å²) < 4.78 is 6.73. The van der Waals surface area contributed by atoms with Gasteiger partial charge in [0.05, 0.1) is 46.9 Å². The highest BCUT2D eigenvalue weighted by atomic mass is 35.5. The van der Waals surface area contributed by atoms with E-state index in [-0.39, 0.29) is 48.3 Å². The van der Waals surface area contributed by atoms with E-state index < -0.39 is 5.60 Å². The highest BCUT2D eigenvalue weighted by molar-refractivity contribution is 6.32. The quantitative estimate of drug-likeness (QED) is 0.0796. The first kappa shape index (κ1) is 65.0. The summed E-state index contributed by atoms with van der Waals surface area (Å²) >= 11 is 24.9. The number of H-pyrrole nitrogens is 3. The van der Waals surface area contributed by atoms with Crippen LogP contribution in [0.15, 0.2) is 73.3 Å². The van der Waals surface area contributed by atoms with Gasteiger partial charge in [0.2, 0.25) is 17.7 Å². The van der Waals surface area contributed by atoms with Crippen LogP contribution < -0.4 is 21.7 Å². The molecule has 0 radical (unpaired) electrons. The van der Waals surface area contributed by atoms with Crippen LogP contribution in [0.3, 0.4) is 0 Å². The second-order valence-electron chi connectivity index (χ2n) is 24.3. The molecule has 0 spiro atoms. The van der Waals surface area contributed by atoms with Crippen LogP contribution in [0, 0.1) is 0 Å². The normalized spacial score (nSPS) is 22.3. The molecule has 4 aromatic carbocycles. The number of nitrogens with zero attached hydrogens (tertiary/aromatic N) is 5. The Morgan fingerprint density at radius 3 is 1.16 bits per heavy atom. The largest absolute Gasteiger partial charge is 0.444 e. The van der Waals surface area contributed by atoms with Gasteiger partial charge in [-0.1, -0.05) is 46.4 Å². The van der Waals surface area contributed by atoms with Gasteiger partial charge >= 0.3 is 6.09 Å². The minimum absolute atomic E-state index is 0. The van der Waals surface area contributed by atoms with E-state index in [1.165, 1.54) is 33.7 Å². The first-order chi connectivity index (χ1) is 40.1. The zero-order chi connectivity index (χ0) is 59.8. The molecule has 4 aromatic heterocycles. The Morgan fingerprint density at radius 1 is 0.494 bits per heavy atom. The number of alkyl carbamates (subject to hydrolysis) is 1. The third kappa shape index (κ3) is 17.2. The fourth-order valence-electron chi connectivity index (χ4n) is 13.0. The van der Waals surface area contributed by atoms with E-state index in [2.05, 4.69) is 63.8 Å². The summed E-state index contributed by atoms with van der Waals surface area (Å²) in [6, 6.07) is 16.9. The van der Waals surface area contributed by atoms with Crippen LogP contribution >= 0.6 is 58.8 Å². The number of rotatable bonds is 7. The van der Waals surface area contributed by atoms with E-state index in [1.807, 2.05) is 69.7 Å². The number of carbonyl (C=O) groups excluding carboxylic acids is 4. The van der Waals surface area contributed by atoms with E-state index in [0.29, 0.717) is 40.8 Å². The van der Waals surface area contributed by atoms with Gasteiger partial charge in [-0.2, -0.15) is 20.4 Å². The lowest BCUT2D eigenvalue weighted by molar-refractivity contribution is -0.120. The van der Waals surface area contributed by atoms with Crippen LogP contribution in [0.2, 0.25) is 20.1 Å². The molecule has 17 nitrogen and oxygen atoms in total. The monoisotopic (exact) mass is 1260 g/mol. The average Bonchev–Trinajstić information content (AvgIpc) is 2.64. The van der Waals surface area contributed by atoms with Crippen LogP contribution in [0.5, 0.6) is 0 Å². The summed E-state index contributed by atoms with van der Waals surface area (Å²) in [4.78, 5) is 45.9. The molecule has 0 saturated heterocycles. The molecule has 4 fully saturated rings. The Kier molecular flexibility index (Phi) is 22.3. The number of hydrogen-bond donors (Lipinski definition) is 7. The number of halogens is 5. The zero-order valence-corrected chi connectivity index (χ0v) is 53.0. The Labute approximate surface area is 522 Å². The van der Waals surface area contributed by atoms with Crippen molar-refractivity contribution in [3.05, 3.63) is 116 Å². The van der Waals surface area contributed by atoms with Gasteiger partial charge in [-0.25, -0.2) is 9.48 Å². The summed E-state index contributed by atoms with van der Waals surface area (Å²) in [5.41, 5.74) is 14.3. The smallest absolute Gasteiger partial charge is 0.407 e. The molecule has 3 amide bonds. The highest BCUT2D eigenvalue weighted by Crippen LogP contribution is 2.42. The molecule has 4 aliphatic carbocycles. The van der Waals surface area contributed by atoms with Gasteiger partial charge in [-0.05, 0) is 218 Å². The number of benzene rings is 4. The van der Waals surface area contributed by atoms with Gasteiger partial charge in [-0.15, -0.1) is 12.4 Å². The number of fused-ring (bicyclic) bond motifs is 4. The van der Waals surface area contributed by atoms with Gasteiger partial charge in [0, 0.05) is 86.6 Å². The van der Waals surface area contributed by atoms with Crippen molar-refractivity contribution in [2.75, 3.05) is 0 Å². The van der Waals surface area contributed by atoms with E-state index in [1.54, 1.807) is 26.1 Å². The van der Waals surface area contributed by atoms with Crippen molar-refractivity contribution in [1.29, 1.82) is 0 Å². The summed E-state index contributed by atoms with van der Waals surface area (Å²) in [6.45, 7) is 10.3. The highest BCUT2D eigenvalue weighted by Gasteiger charge is 2.30. The number of amides is 3. The Morgan fingerprint density at radius 2 is 0.824 bits per heavy atom. The number of carbonyl (C=O) groups is 4. The molecule has 0 unspecified atom stereocenters. The van der Waals surface area contributed by atoms with Crippen LogP contribution in [0.25, 0.3) is 43.6 Å². The number of ether oxygens (including phenoxy) is 1. The standard InChI is InChI=1S/C18H24ClN3O2.C17H20ClN3O2.C15H18ClN3O.C13H16ClN3.ClH/c1-18(2,3)24-17(23)21-13-6-4-11(5-7-13)14-8-12(19)9-16-15(14)10-20-22-16;1-10(22)20-14-5-3-12(4-6-14)15-7-13(18)8-17-16(15)9-19-21(17)11(2)23;1-9(20)18-12-4-2-10(3-5-12)13-6-11(16)7-15-14(13)8-17-19-15;14-9-5-11(8-1-3-10(15)4-2-8)12-7-16-17-13(12)6-9;/h8-11,13H,4-7H2,1-3H3,(H,20,22)(H,21,23);7-9,12,14H,3-6H2,1-2H3,(H,20,22);6-8,10,12H,2-5H2,1H3,(H,17,19)(H,18,20);5-8,10H,1-4,15H2,(H,16,17);1H. The molecular weight excluding hydrogens is 1180 g/mol. The van der Waals surface area contributed by atoms with Crippen molar-refractivity contribution in [2.24, 2.45) is 5.73 Å². The average molecular weight is 1260 g/mol. The van der Waals surface area contributed by atoms with E-state index in [4.69, 9.17) is 56.9 Å². The van der Waals surface area contributed by atoms with E-state index >= 15 is 0 Å². The van der Waals surface area contributed by atoms with Crippen molar-refractivity contribution in [1.82, 2.24) is 56.3 Å². The van der Waals surface area contributed by atoms with Crippen LogP contribution in [0.4, 0.5) is 4.79 Å². The SMILES string of the molecule is CC(=O)NC1CCC(c2cc(Cl)cc3[nH]ncc23)CC1.CC(=O)NC1CCC(c2cc(Cl)cc3c2cnn3C(C)=O)CC1.CC(C)(C)OC(=O)NC1CCC(c2cc(Cl)cc3[nH]ncc23)CC1.Cl.NC1CCC(c2cc(Cl)cc3[nH]ncc23)CC1. The molecule has 4 saturated carbocycles. The predicted molar refractivity (Wildman–Crippen MR) is 343 cm³/mol. The van der Waals surface area contributed by atoms with Crippen LogP contribution in [-0.4, -0.2) is 94.0 Å². The lowest BCUT2D eigenvalue weighted by atomic mass is 9.80. The molecule has 8 aromatic rings. The van der Waals surface area contributed by atoms with Crippen molar-refractivity contribution in [3.63, 3.8) is 0 Å². The Hall–Kier alpha value is -5.95. The maximum atomic E-state index is 11.9. The molecule has 22 heteroatoms. The molecule has 85 heavy (non-hydrogen) atoms. The molecule has 8 N–H and O–H groups in total. The number of aromatic nitrogens is 8. The summed E-state index contributed by atoms with van der Waals surface area (Å²) in [5, 5.41) is 41.9. The molecular formula is C63H79Cl5N12O5. The second-order valence-corrected chi connectivity index (χ2v) is 26.0. The van der Waals surface area contributed by atoms with E-state index in [9.17, 15) is 19.2 Å². The van der Waals surface area contributed by atoms with Crippen LogP contribution in [0.1, 0.15) is 195 Å². The second kappa shape index (κ2) is 29.2. The summed E-state index contributed by atoms with van der Waals surface area (Å²) in [7, 11) is 0. The van der Waals surface area contributed by atoms with E-state index in [0.717, 1.165) is 162 Å². The minimum Gasteiger partial charge on any atom is -0.444 e. The zero-order valence-electron chi connectivity index (χ0n) is 49.1. The topological polar surface area (TPSA) is 243 Å². The molecule has 456 valence electrons. The van der Waals surface area contributed by atoms with Crippen molar-refractivity contribution in [2.45, 2.75) is 198 Å². The van der Waals surface area contributed by atoms with Gasteiger partial charge in [0.15, 0.2) is 0 Å². The third-order valence-corrected chi connectivity index (χ3v) is 17.8. The number of hydrogen-bond acceptors (Lipinski definition) is 10. The van der Waals surface area contributed by atoms with Gasteiger partial charge in [0.25, 0.3) is 0 Å². The number of nitrogens with one attached hydrogen (secondary N) is 6. The molecule has 4 aliphatic rings. The fraction of sp³-hybridized carbons (Fsp3) is 0.492. The Bertz CT molecular complexity index is 3580. The molecule has 0 aliphatic heterocycles. The molecule has 4 heterocycles. The molecule has 0 atom stereocenters. The number of aromatic amines is 3. The van der Waals surface area contributed by atoms with Gasteiger partial charge in [-0.3, -0.25) is 29.7 Å². The maximum Gasteiger partial charge on any atom is 0.407 e. The van der Waals surface area contributed by atoms with Crippen LogP contribution in [-0.2, 0) is 14.3 Å². The fourth-order valence-corrected chi connectivity index (χ4v) is 13.9. The lowest BCUT2D eigenvalue weighted by Crippen LogP contribution is -2.40. The summed E-state index contributed by atoms with van der Waals surface area (Å²) in [5.74, 6) is 1.87. The molecule has 0 bridgehead atoms. The third-order valence-electron chi connectivity index (χ3n) is 16.9. The first-order valence-electron chi connectivity index (χ1n) is 29.5. The van der Waals surface area contributed by atoms with Crippen molar-refractivity contribution in [3.8, 4) is 0 Å². The minimum atomic E-state index is -0.463. The number of nitrogens with two attached hydrogens (primary N) is 1. The van der Waals surface area contributed by atoms with Gasteiger partial charge < -0.3 is 26.4 Å². The lowest BCUT2D eigenvalue weighted by Gasteiger charge is -2.30. The Balaban J connectivity index is 0.000000148. The van der Waals surface area contributed by atoms with Crippen molar-refractivity contribution >= 4 is 126 Å². The van der Waals surface area contributed by atoms with Gasteiger partial charge in [0.1, 0.15) is 5.60 Å². The summed E-state index contributed by atoms with van der Waals surface area (Å²) in [6.07, 6.45) is 23.6. The maximum absolute atomic E-state index is 11.9. The molecule has 12 rings (SSSR count). The van der Waals surface area contributed by atoms with Crippen molar-refractivity contribution < 1.29 is 23.9 Å².